The third-order valence-corrected chi connectivity index (χ3v) is 8.12. The highest BCUT2D eigenvalue weighted by molar-refractivity contribution is 6.31. The summed E-state index contributed by atoms with van der Waals surface area (Å²) in [5.41, 5.74) is 3.08. The fourth-order valence-corrected chi connectivity index (χ4v) is 5.70. The number of hydrogen-bond acceptors (Lipinski definition) is 5. The minimum absolute atomic E-state index is 0.336. The normalized spacial score (nSPS) is 20.0. The number of nitrogens with zero attached hydrogens (tertiary/aromatic N) is 3. The number of carboxylic acid groups (broad SMARTS) is 1. The Kier molecular flexibility index (Phi) is 6.99. The number of amides is 3. The molecule has 0 bridgehead atoms. The lowest BCUT2D eigenvalue weighted by Gasteiger charge is -2.42. The summed E-state index contributed by atoms with van der Waals surface area (Å²) in [4.78, 5) is 43.4. The fourth-order valence-electron chi connectivity index (χ4n) is 5.70. The number of hydrogen-bond donors (Lipinski definition) is 3. The molecule has 3 aromatic carbocycles. The molecule has 10 heteroatoms. The van der Waals surface area contributed by atoms with Crippen molar-refractivity contribution in [3.8, 4) is 0 Å². The van der Waals surface area contributed by atoms with E-state index in [2.05, 4.69) is 15.6 Å². The number of aliphatic imine (C=N–C) groups is 1. The molecular formula is C33H29FN5O4+. The van der Waals surface area contributed by atoms with Crippen LogP contribution in [0.25, 0.3) is 17.3 Å². The van der Waals surface area contributed by atoms with Crippen LogP contribution in [0.2, 0.25) is 0 Å². The molecule has 0 saturated heterocycles. The number of fused-ring (bicyclic) bond motifs is 1. The van der Waals surface area contributed by atoms with Crippen LogP contribution in [0.15, 0.2) is 102 Å². The molecule has 1 atom stereocenters. The Morgan fingerprint density at radius 3 is 2.30 bits per heavy atom. The van der Waals surface area contributed by atoms with E-state index in [-0.39, 0.29) is 11.7 Å². The van der Waals surface area contributed by atoms with Gasteiger partial charge in [-0.1, -0.05) is 47.1 Å². The average Bonchev–Trinajstić information content (AvgIpc) is 3.53. The van der Waals surface area contributed by atoms with Crippen LogP contribution in [0, 0.1) is 5.82 Å². The van der Waals surface area contributed by atoms with Crippen molar-refractivity contribution in [3.05, 3.63) is 120 Å². The lowest BCUT2D eigenvalue weighted by Crippen LogP contribution is -2.69. The Hall–Kier alpha value is -5.35. The van der Waals surface area contributed by atoms with Gasteiger partial charge >= 0.3 is 12.0 Å². The predicted octanol–water partition coefficient (Wildman–Crippen LogP) is 5.62. The van der Waals surface area contributed by atoms with Crippen LogP contribution in [0.4, 0.5) is 14.9 Å². The maximum absolute atomic E-state index is 14.4. The molecule has 2 heterocycles. The van der Waals surface area contributed by atoms with E-state index in [0.717, 1.165) is 29.2 Å². The Morgan fingerprint density at radius 1 is 0.977 bits per heavy atom. The monoisotopic (exact) mass is 578 g/mol. The minimum Gasteiger partial charge on any atom is -0.478 e. The van der Waals surface area contributed by atoms with Gasteiger partial charge in [0, 0.05) is 17.3 Å². The fraction of sp³-hybridized carbons (Fsp3) is 0.152. The molecule has 1 saturated carbocycles. The molecule has 1 fully saturated rings. The molecule has 6 rings (SSSR count). The van der Waals surface area contributed by atoms with Crippen molar-refractivity contribution in [1.82, 2.24) is 10.3 Å². The summed E-state index contributed by atoms with van der Waals surface area (Å²) in [6, 6.07) is 22.0. The molecule has 3 amide bonds. The summed E-state index contributed by atoms with van der Waals surface area (Å²) >= 11 is 0. The largest absolute Gasteiger partial charge is 0.478 e. The summed E-state index contributed by atoms with van der Waals surface area (Å²) in [6.45, 7) is 0. The van der Waals surface area contributed by atoms with Gasteiger partial charge in [0.15, 0.2) is 6.20 Å². The topological polar surface area (TPSA) is 111 Å². The second-order valence-corrected chi connectivity index (χ2v) is 10.7. The maximum atomic E-state index is 14.4. The highest BCUT2D eigenvalue weighted by Gasteiger charge is 2.60. The first kappa shape index (κ1) is 27.8. The second kappa shape index (κ2) is 10.8. The van der Waals surface area contributed by atoms with Crippen molar-refractivity contribution in [1.29, 1.82) is 0 Å². The van der Waals surface area contributed by atoms with Crippen LogP contribution < -0.4 is 10.6 Å². The van der Waals surface area contributed by atoms with Gasteiger partial charge in [0.25, 0.3) is 5.84 Å². The van der Waals surface area contributed by atoms with E-state index in [0.29, 0.717) is 35.6 Å². The number of halogens is 1. The number of rotatable bonds is 7. The number of carbonyl (C=O) groups is 3. The van der Waals surface area contributed by atoms with E-state index >= 15 is 0 Å². The van der Waals surface area contributed by atoms with Crippen LogP contribution in [0.3, 0.4) is 0 Å². The molecule has 2 aliphatic heterocycles. The predicted molar refractivity (Wildman–Crippen MR) is 161 cm³/mol. The molecule has 1 aliphatic carbocycles. The zero-order chi connectivity index (χ0) is 30.2. The van der Waals surface area contributed by atoms with Crippen LogP contribution >= 0.6 is 0 Å². The van der Waals surface area contributed by atoms with Gasteiger partial charge in [-0.2, -0.15) is 4.99 Å². The van der Waals surface area contributed by atoms with E-state index in [9.17, 15) is 18.8 Å². The standard InChI is InChI=1S/C33H28FN5O4/c1-38-29(24-11-13-25(34)14-12-24)28(23-6-3-2-4-7-23)30-35-20-21-39(30,38)32(43)37-33(18-5-19-33)31(42)36-26-15-8-22(9-16-26)10-17-27(40)41/h2-4,6-17,20-21H,5,18-19H2,1H3,(H2-,36,37,40,41,42,43)/p+1/b17-10+. The molecular weight excluding hydrogens is 549 g/mol. The number of nitrogens with one attached hydrogen (secondary N) is 2. The van der Waals surface area contributed by atoms with Gasteiger partial charge in [0.05, 0.1) is 18.8 Å². The van der Waals surface area contributed by atoms with E-state index in [4.69, 9.17) is 5.11 Å². The summed E-state index contributed by atoms with van der Waals surface area (Å²) < 4.78 is 13.5. The molecule has 0 radical (unpaired) electrons. The van der Waals surface area contributed by atoms with Gasteiger partial charge in [0.1, 0.15) is 17.1 Å². The number of urea groups is 1. The quantitative estimate of drug-likeness (QED) is 0.249. The van der Waals surface area contributed by atoms with E-state index in [1.807, 2.05) is 30.3 Å². The van der Waals surface area contributed by atoms with Crippen molar-refractivity contribution >= 4 is 46.8 Å². The van der Waals surface area contributed by atoms with Crippen molar-refractivity contribution in [2.75, 3.05) is 12.4 Å². The molecule has 0 spiro atoms. The van der Waals surface area contributed by atoms with E-state index in [1.54, 1.807) is 60.9 Å². The molecule has 3 aliphatic rings. The number of amidine groups is 1. The number of quaternary nitrogens is 1. The van der Waals surface area contributed by atoms with Crippen LogP contribution in [-0.2, 0) is 9.59 Å². The van der Waals surface area contributed by atoms with Gasteiger partial charge in [-0.25, -0.2) is 19.0 Å². The molecule has 1 unspecified atom stereocenters. The first-order valence-electron chi connectivity index (χ1n) is 13.8. The number of aliphatic carboxylic acids is 1. The first-order valence-corrected chi connectivity index (χ1v) is 13.8. The van der Waals surface area contributed by atoms with Gasteiger partial charge < -0.3 is 10.4 Å². The van der Waals surface area contributed by atoms with Crippen molar-refractivity contribution in [3.63, 3.8) is 0 Å². The molecule has 9 nitrogen and oxygen atoms in total. The summed E-state index contributed by atoms with van der Waals surface area (Å²) in [6.07, 6.45) is 7.47. The molecule has 43 heavy (non-hydrogen) atoms. The van der Waals surface area contributed by atoms with Crippen LogP contribution in [0.5, 0.6) is 0 Å². The Balaban J connectivity index is 1.30. The Labute approximate surface area is 247 Å². The SMILES string of the molecule is CN1C(c2ccc(F)cc2)=C(c2ccccc2)C2=NC=C[N+]21C(=O)NC1(C(=O)Nc2ccc(/C=C/C(=O)O)cc2)CCC1. The minimum atomic E-state index is -1.13. The molecule has 0 aromatic heterocycles. The Morgan fingerprint density at radius 2 is 1.67 bits per heavy atom. The molecule has 216 valence electrons. The number of anilines is 1. The smallest absolute Gasteiger partial charge is 0.453 e. The van der Waals surface area contributed by atoms with Crippen LogP contribution in [-0.4, -0.2) is 51.0 Å². The van der Waals surface area contributed by atoms with Crippen molar-refractivity contribution < 1.29 is 28.5 Å². The number of carboxylic acids is 1. The zero-order valence-corrected chi connectivity index (χ0v) is 23.3. The molecule has 3 aromatic rings. The van der Waals surface area contributed by atoms with Gasteiger partial charge in [-0.3, -0.25) is 10.1 Å². The number of benzene rings is 3. The van der Waals surface area contributed by atoms with Crippen molar-refractivity contribution in [2.45, 2.75) is 24.8 Å². The van der Waals surface area contributed by atoms with Gasteiger partial charge in [-0.05, 0) is 72.9 Å². The summed E-state index contributed by atoms with van der Waals surface area (Å²) in [5, 5.41) is 16.6. The zero-order valence-electron chi connectivity index (χ0n) is 23.3. The lowest BCUT2D eigenvalue weighted by atomic mass is 9.76. The highest BCUT2D eigenvalue weighted by atomic mass is 19.1. The highest BCUT2D eigenvalue weighted by Crippen LogP contribution is 2.46. The van der Waals surface area contributed by atoms with E-state index < -0.39 is 22.1 Å². The summed E-state index contributed by atoms with van der Waals surface area (Å²) in [5.74, 6) is -1.27. The Bertz CT molecular complexity index is 1730. The third-order valence-electron chi connectivity index (χ3n) is 8.12. The summed E-state index contributed by atoms with van der Waals surface area (Å²) in [7, 11) is 1.78. The lowest BCUT2D eigenvalue weighted by molar-refractivity contribution is -0.813. The first-order chi connectivity index (χ1) is 20.7. The second-order valence-electron chi connectivity index (χ2n) is 10.7. The maximum Gasteiger partial charge on any atom is 0.453 e. The number of carbonyl (C=O) groups excluding carboxylic acids is 2. The van der Waals surface area contributed by atoms with Gasteiger partial charge in [-0.15, -0.1) is 0 Å². The van der Waals surface area contributed by atoms with Crippen LogP contribution in [0.1, 0.15) is 36.0 Å². The molecule has 3 N–H and O–H groups in total. The van der Waals surface area contributed by atoms with Gasteiger partial charge in [0.2, 0.25) is 5.91 Å². The van der Waals surface area contributed by atoms with E-state index in [1.165, 1.54) is 18.2 Å². The van der Waals surface area contributed by atoms with Crippen molar-refractivity contribution in [2.24, 2.45) is 4.99 Å². The average molecular weight is 579 g/mol. The third kappa shape index (κ3) is 4.81.